The van der Waals surface area contributed by atoms with Crippen molar-refractivity contribution in [1.82, 2.24) is 14.9 Å². The van der Waals surface area contributed by atoms with E-state index < -0.39 is 11.6 Å². The first-order valence-electron chi connectivity index (χ1n) is 6.28. The van der Waals surface area contributed by atoms with Crippen LogP contribution in [0.1, 0.15) is 24.7 Å². The molecule has 2 heterocycles. The van der Waals surface area contributed by atoms with E-state index in [2.05, 4.69) is 10.3 Å². The lowest BCUT2D eigenvalue weighted by molar-refractivity contribution is -0.122. The first-order valence-corrected chi connectivity index (χ1v) is 6.82. The molecule has 1 aliphatic heterocycles. The van der Waals surface area contributed by atoms with Gasteiger partial charge < -0.3 is 9.88 Å². The van der Waals surface area contributed by atoms with Crippen LogP contribution >= 0.6 is 11.6 Å². The van der Waals surface area contributed by atoms with Crippen molar-refractivity contribution in [1.29, 1.82) is 0 Å². The molecular formula is C13H12ClF2N3O. The fraction of sp³-hybridized carbons (Fsp3) is 0.385. The molecule has 106 valence electrons. The lowest BCUT2D eigenvalue weighted by atomic mass is 10.1. The molecule has 1 amide bonds. The van der Waals surface area contributed by atoms with E-state index in [-0.39, 0.29) is 23.3 Å². The number of imidazole rings is 1. The minimum Gasteiger partial charge on any atom is -0.354 e. The highest BCUT2D eigenvalue weighted by Crippen LogP contribution is 2.28. The van der Waals surface area contributed by atoms with Gasteiger partial charge in [0.2, 0.25) is 5.91 Å². The average molecular weight is 300 g/mol. The molecule has 4 nitrogen and oxygen atoms in total. The molecule has 7 heteroatoms. The van der Waals surface area contributed by atoms with Gasteiger partial charge in [0.05, 0.1) is 17.4 Å². The van der Waals surface area contributed by atoms with E-state index >= 15 is 0 Å². The van der Waals surface area contributed by atoms with E-state index in [0.29, 0.717) is 30.7 Å². The Labute approximate surface area is 118 Å². The summed E-state index contributed by atoms with van der Waals surface area (Å²) in [5.41, 5.74) is 0.484. The fourth-order valence-electron chi connectivity index (χ4n) is 2.61. The van der Waals surface area contributed by atoms with E-state index in [1.165, 1.54) is 6.07 Å². The number of hydrogen-bond donors (Lipinski definition) is 1. The number of piperidine rings is 1. The third kappa shape index (κ3) is 2.14. The van der Waals surface area contributed by atoms with Gasteiger partial charge in [-0.3, -0.25) is 4.79 Å². The molecule has 1 aromatic heterocycles. The molecular weight excluding hydrogens is 288 g/mol. The van der Waals surface area contributed by atoms with Gasteiger partial charge in [0, 0.05) is 19.0 Å². The average Bonchev–Trinajstić information content (AvgIpc) is 2.78. The van der Waals surface area contributed by atoms with Gasteiger partial charge in [0.1, 0.15) is 17.2 Å². The molecule has 0 spiro atoms. The first-order chi connectivity index (χ1) is 9.60. The smallest absolute Gasteiger partial charge is 0.220 e. The Kier molecular flexibility index (Phi) is 3.33. The number of rotatable bonds is 2. The Bertz CT molecular complexity index is 676. The van der Waals surface area contributed by atoms with E-state index in [9.17, 15) is 13.6 Å². The summed E-state index contributed by atoms with van der Waals surface area (Å²) in [4.78, 5) is 15.4. The molecule has 1 N–H and O–H groups in total. The van der Waals surface area contributed by atoms with Crippen molar-refractivity contribution in [2.75, 3.05) is 6.54 Å². The molecule has 2 aromatic rings. The van der Waals surface area contributed by atoms with Crippen molar-refractivity contribution >= 4 is 28.5 Å². The summed E-state index contributed by atoms with van der Waals surface area (Å²) in [6.45, 7) is 0.409. The molecule has 1 atom stereocenters. The highest BCUT2D eigenvalue weighted by Gasteiger charge is 2.25. The van der Waals surface area contributed by atoms with Crippen molar-refractivity contribution in [2.45, 2.75) is 24.8 Å². The number of carbonyl (C=O) groups is 1. The molecule has 1 fully saturated rings. The summed E-state index contributed by atoms with van der Waals surface area (Å²) in [6, 6.07) is 1.96. The topological polar surface area (TPSA) is 46.9 Å². The number of alkyl halides is 1. The van der Waals surface area contributed by atoms with E-state index in [1.54, 1.807) is 4.57 Å². The molecule has 3 rings (SSSR count). The predicted octanol–water partition coefficient (Wildman–Crippen LogP) is 2.50. The number of aromatic nitrogens is 2. The molecule has 1 aromatic carbocycles. The second-order valence-electron chi connectivity index (χ2n) is 4.78. The predicted molar refractivity (Wildman–Crippen MR) is 70.5 cm³/mol. The van der Waals surface area contributed by atoms with Gasteiger partial charge in [-0.25, -0.2) is 13.8 Å². The largest absolute Gasteiger partial charge is 0.354 e. The zero-order chi connectivity index (χ0) is 14.3. The number of carbonyl (C=O) groups excluding carboxylic acids is 1. The highest BCUT2D eigenvalue weighted by atomic mass is 35.5. The zero-order valence-corrected chi connectivity index (χ0v) is 11.3. The molecule has 1 unspecified atom stereocenters. The number of halogens is 3. The monoisotopic (exact) mass is 299 g/mol. The van der Waals surface area contributed by atoms with Crippen LogP contribution in [0.25, 0.3) is 11.0 Å². The van der Waals surface area contributed by atoms with Gasteiger partial charge in [-0.15, -0.1) is 11.6 Å². The van der Waals surface area contributed by atoms with Gasteiger partial charge in [0.25, 0.3) is 0 Å². The second kappa shape index (κ2) is 5.01. The highest BCUT2D eigenvalue weighted by molar-refractivity contribution is 6.16. The van der Waals surface area contributed by atoms with Gasteiger partial charge in [-0.1, -0.05) is 0 Å². The summed E-state index contributed by atoms with van der Waals surface area (Å²) in [5.74, 6) is -0.801. The van der Waals surface area contributed by atoms with Crippen molar-refractivity contribution in [3.63, 3.8) is 0 Å². The Morgan fingerprint density at radius 2 is 2.25 bits per heavy atom. The van der Waals surface area contributed by atoms with Crippen molar-refractivity contribution in [2.24, 2.45) is 0 Å². The summed E-state index contributed by atoms with van der Waals surface area (Å²) >= 11 is 5.86. The molecule has 0 bridgehead atoms. The molecule has 1 saturated heterocycles. The molecule has 0 saturated carbocycles. The maximum absolute atomic E-state index is 13.8. The van der Waals surface area contributed by atoms with Crippen LogP contribution in [0.3, 0.4) is 0 Å². The van der Waals surface area contributed by atoms with Crippen LogP contribution in [-0.4, -0.2) is 22.0 Å². The minimum atomic E-state index is -0.704. The number of fused-ring (bicyclic) bond motifs is 1. The Morgan fingerprint density at radius 3 is 2.90 bits per heavy atom. The third-order valence-corrected chi connectivity index (χ3v) is 3.75. The van der Waals surface area contributed by atoms with Crippen LogP contribution in [-0.2, 0) is 10.7 Å². The van der Waals surface area contributed by atoms with E-state index in [1.807, 2.05) is 0 Å². The van der Waals surface area contributed by atoms with Gasteiger partial charge in [0.15, 0.2) is 5.82 Å². The van der Waals surface area contributed by atoms with Gasteiger partial charge in [-0.05, 0) is 12.5 Å². The Morgan fingerprint density at radius 1 is 1.45 bits per heavy atom. The van der Waals surface area contributed by atoms with E-state index in [4.69, 9.17) is 11.6 Å². The lowest BCUT2D eigenvalue weighted by Gasteiger charge is -2.25. The van der Waals surface area contributed by atoms with Crippen molar-refractivity contribution in [3.8, 4) is 0 Å². The summed E-state index contributed by atoms with van der Waals surface area (Å²) < 4.78 is 28.9. The van der Waals surface area contributed by atoms with Crippen LogP contribution in [0, 0.1) is 11.6 Å². The molecule has 0 radical (unpaired) electrons. The van der Waals surface area contributed by atoms with Gasteiger partial charge in [-0.2, -0.15) is 0 Å². The second-order valence-corrected chi connectivity index (χ2v) is 5.05. The van der Waals surface area contributed by atoms with Crippen LogP contribution < -0.4 is 5.32 Å². The van der Waals surface area contributed by atoms with Crippen molar-refractivity contribution in [3.05, 3.63) is 29.6 Å². The number of amides is 1. The van der Waals surface area contributed by atoms with Crippen LogP contribution in [0.15, 0.2) is 12.1 Å². The number of nitrogens with zero attached hydrogens (tertiary/aromatic N) is 2. The summed E-state index contributed by atoms with van der Waals surface area (Å²) in [7, 11) is 0. The van der Waals surface area contributed by atoms with Crippen LogP contribution in [0.2, 0.25) is 0 Å². The maximum atomic E-state index is 13.8. The Balaban J connectivity index is 2.15. The van der Waals surface area contributed by atoms with Crippen LogP contribution in [0.5, 0.6) is 0 Å². The summed E-state index contributed by atoms with van der Waals surface area (Å²) in [5, 5.41) is 2.75. The van der Waals surface area contributed by atoms with Gasteiger partial charge >= 0.3 is 0 Å². The molecule has 0 aliphatic carbocycles. The zero-order valence-electron chi connectivity index (χ0n) is 10.5. The minimum absolute atomic E-state index is 0.0181. The molecule has 1 aliphatic rings. The maximum Gasteiger partial charge on any atom is 0.220 e. The molecule has 20 heavy (non-hydrogen) atoms. The number of benzene rings is 1. The quantitative estimate of drug-likeness (QED) is 0.866. The summed E-state index contributed by atoms with van der Waals surface area (Å²) in [6.07, 6.45) is 0.975. The van der Waals surface area contributed by atoms with E-state index in [0.717, 1.165) is 6.07 Å². The number of nitrogens with one attached hydrogen (secondary N) is 1. The van der Waals surface area contributed by atoms with Crippen molar-refractivity contribution < 1.29 is 13.6 Å². The normalized spacial score (nSPS) is 19.4. The lowest BCUT2D eigenvalue weighted by Crippen LogP contribution is -2.36. The standard InChI is InChI=1S/C13H12ClF2N3O/c14-5-11-18-13-9(16)3-7(15)4-10(13)19(11)8-1-2-12(20)17-6-8/h3-4,8H,1-2,5-6H2,(H,17,20). The SMILES string of the molecule is O=C1CCC(n2c(CCl)nc3c(F)cc(F)cc32)CN1. The number of hydrogen-bond acceptors (Lipinski definition) is 2. The third-order valence-electron chi connectivity index (χ3n) is 3.51. The first kappa shape index (κ1) is 13.3. The Hall–Kier alpha value is -1.69. The van der Waals surface area contributed by atoms with Crippen LogP contribution in [0.4, 0.5) is 8.78 Å². The fourth-order valence-corrected chi connectivity index (χ4v) is 2.80.